The van der Waals surface area contributed by atoms with Crippen molar-refractivity contribution in [3.63, 3.8) is 0 Å². The highest BCUT2D eigenvalue weighted by molar-refractivity contribution is 5.88. The number of hydrogen-bond acceptors (Lipinski definition) is 3. The molecule has 1 N–H and O–H groups in total. The molecule has 172 valence electrons. The second kappa shape index (κ2) is 7.30. The molecule has 2 saturated carbocycles. The first kappa shape index (κ1) is 21.9. The molecule has 32 heavy (non-hydrogen) atoms. The van der Waals surface area contributed by atoms with Crippen LogP contribution in [0.1, 0.15) is 71.6 Å². The third-order valence-corrected chi connectivity index (χ3v) is 9.26. The monoisotopic (exact) mass is 435 g/mol. The maximum atomic E-state index is 12.4. The Labute approximate surface area is 191 Å². The van der Waals surface area contributed by atoms with E-state index in [1.807, 2.05) is 19.9 Å². The van der Waals surface area contributed by atoms with E-state index < -0.39 is 5.79 Å². The van der Waals surface area contributed by atoms with Crippen molar-refractivity contribution in [2.75, 3.05) is 7.11 Å². The van der Waals surface area contributed by atoms with Crippen LogP contribution in [0.3, 0.4) is 0 Å². The van der Waals surface area contributed by atoms with E-state index in [4.69, 9.17) is 9.47 Å². The number of aromatic amines is 1. The molecule has 1 heterocycles. The summed E-state index contributed by atoms with van der Waals surface area (Å²) in [5, 5.41) is 1.38. The quantitative estimate of drug-likeness (QED) is 0.467. The van der Waals surface area contributed by atoms with E-state index >= 15 is 0 Å². The molecule has 0 spiro atoms. The Bertz CT molecular complexity index is 1100. The van der Waals surface area contributed by atoms with Crippen molar-refractivity contribution in [2.45, 2.75) is 84.0 Å². The molecule has 0 bridgehead atoms. The number of hydrogen-bond donors (Lipinski definition) is 1. The van der Waals surface area contributed by atoms with Crippen LogP contribution in [-0.4, -0.2) is 29.8 Å². The summed E-state index contributed by atoms with van der Waals surface area (Å²) < 4.78 is 12.6. The third kappa shape index (κ3) is 2.78. The maximum Gasteiger partial charge on any atom is 0.191 e. The molecule has 1 unspecified atom stereocenters. The third-order valence-electron chi connectivity index (χ3n) is 9.26. The number of carbonyl (C=O) groups is 1. The van der Waals surface area contributed by atoms with Gasteiger partial charge in [-0.15, -0.1) is 0 Å². The summed E-state index contributed by atoms with van der Waals surface area (Å²) in [5.41, 5.74) is 5.28. The fourth-order valence-electron chi connectivity index (χ4n) is 7.67. The average Bonchev–Trinajstić information content (AvgIpc) is 3.25. The number of nitrogens with one attached hydrogen (secondary N) is 1. The first-order chi connectivity index (χ1) is 15.2. The molecule has 4 heteroatoms. The van der Waals surface area contributed by atoms with Gasteiger partial charge in [0.25, 0.3) is 0 Å². The number of fused-ring (bicyclic) bond motifs is 7. The van der Waals surface area contributed by atoms with Gasteiger partial charge in [-0.05, 0) is 87.0 Å². The molecule has 3 aliphatic carbocycles. The SMILES string of the molecule is CO[C@]1(OC(C)C)CC[C@@]2(C)C(CC[C@H]3Cc4c([nH]c5ccccc45)[C@@]32C)/C1=C/C(C)=O. The summed E-state index contributed by atoms with van der Waals surface area (Å²) in [6, 6.07) is 8.72. The lowest BCUT2D eigenvalue weighted by Gasteiger charge is -2.62. The number of para-hydroxylation sites is 1. The lowest BCUT2D eigenvalue weighted by Crippen LogP contribution is -2.60. The van der Waals surface area contributed by atoms with Crippen molar-refractivity contribution in [1.82, 2.24) is 4.98 Å². The van der Waals surface area contributed by atoms with E-state index in [-0.39, 0.29) is 28.6 Å². The Kier molecular flexibility index (Phi) is 5.00. The fraction of sp³-hybridized carbons (Fsp3) is 0.607. The highest BCUT2D eigenvalue weighted by atomic mass is 16.7. The van der Waals surface area contributed by atoms with Crippen LogP contribution in [0.2, 0.25) is 0 Å². The number of ether oxygens (including phenoxy) is 2. The Morgan fingerprint density at radius 2 is 1.94 bits per heavy atom. The van der Waals surface area contributed by atoms with Crippen LogP contribution >= 0.6 is 0 Å². The van der Waals surface area contributed by atoms with Gasteiger partial charge in [-0.1, -0.05) is 32.0 Å². The Hall–Kier alpha value is -1.91. The van der Waals surface area contributed by atoms with Gasteiger partial charge in [0.05, 0.1) is 6.10 Å². The van der Waals surface area contributed by atoms with Crippen LogP contribution in [0.4, 0.5) is 0 Å². The van der Waals surface area contributed by atoms with Gasteiger partial charge >= 0.3 is 0 Å². The van der Waals surface area contributed by atoms with Crippen molar-refractivity contribution in [3.05, 3.63) is 47.2 Å². The molecule has 1 aromatic heterocycles. The number of carbonyl (C=O) groups excluding carboxylic acids is 1. The van der Waals surface area contributed by atoms with E-state index in [1.54, 1.807) is 14.0 Å². The summed E-state index contributed by atoms with van der Waals surface area (Å²) in [5.74, 6) is 0.129. The first-order valence-corrected chi connectivity index (χ1v) is 12.2. The predicted molar refractivity (Wildman–Crippen MR) is 128 cm³/mol. The number of rotatable bonds is 4. The number of methoxy groups -OCH3 is 1. The van der Waals surface area contributed by atoms with E-state index in [1.165, 1.54) is 22.2 Å². The van der Waals surface area contributed by atoms with Crippen molar-refractivity contribution >= 4 is 16.7 Å². The van der Waals surface area contributed by atoms with Crippen LogP contribution in [-0.2, 0) is 26.1 Å². The molecule has 2 aromatic rings. The average molecular weight is 436 g/mol. The van der Waals surface area contributed by atoms with Gasteiger partial charge in [0, 0.05) is 35.5 Å². The van der Waals surface area contributed by atoms with E-state index in [2.05, 4.69) is 43.1 Å². The van der Waals surface area contributed by atoms with E-state index in [0.717, 1.165) is 37.7 Å². The Morgan fingerprint density at radius 1 is 1.19 bits per heavy atom. The highest BCUT2D eigenvalue weighted by Crippen LogP contribution is 2.68. The van der Waals surface area contributed by atoms with Gasteiger partial charge in [0.15, 0.2) is 11.6 Å². The van der Waals surface area contributed by atoms with Gasteiger partial charge in [0.1, 0.15) is 0 Å². The minimum atomic E-state index is -0.810. The summed E-state index contributed by atoms with van der Waals surface area (Å²) in [6.07, 6.45) is 7.00. The van der Waals surface area contributed by atoms with E-state index in [0.29, 0.717) is 5.92 Å². The number of ketones is 1. The van der Waals surface area contributed by atoms with Gasteiger partial charge in [-0.3, -0.25) is 4.79 Å². The number of H-pyrrole nitrogens is 1. The molecule has 0 saturated heterocycles. The Balaban J connectivity index is 1.67. The predicted octanol–water partition coefficient (Wildman–Crippen LogP) is 6.09. The zero-order valence-corrected chi connectivity index (χ0v) is 20.4. The van der Waals surface area contributed by atoms with Gasteiger partial charge in [-0.25, -0.2) is 0 Å². The molecular weight excluding hydrogens is 398 g/mol. The molecular formula is C28H37NO3. The van der Waals surface area contributed by atoms with Crippen molar-refractivity contribution in [3.8, 4) is 0 Å². The lowest BCUT2D eigenvalue weighted by molar-refractivity contribution is -0.247. The van der Waals surface area contributed by atoms with E-state index in [9.17, 15) is 4.79 Å². The zero-order valence-electron chi connectivity index (χ0n) is 20.4. The van der Waals surface area contributed by atoms with Crippen LogP contribution < -0.4 is 0 Å². The maximum absolute atomic E-state index is 12.4. The molecule has 0 aliphatic heterocycles. The minimum Gasteiger partial charge on any atom is -0.358 e. The largest absolute Gasteiger partial charge is 0.358 e. The fourth-order valence-corrected chi connectivity index (χ4v) is 7.67. The molecule has 5 rings (SSSR count). The van der Waals surface area contributed by atoms with Gasteiger partial charge in [-0.2, -0.15) is 0 Å². The number of allylic oxidation sites excluding steroid dienone is 1. The lowest BCUT2D eigenvalue weighted by atomic mass is 9.44. The van der Waals surface area contributed by atoms with Crippen LogP contribution in [0, 0.1) is 17.3 Å². The van der Waals surface area contributed by atoms with Crippen molar-refractivity contribution in [2.24, 2.45) is 17.3 Å². The summed E-state index contributed by atoms with van der Waals surface area (Å²) in [7, 11) is 1.73. The summed E-state index contributed by atoms with van der Waals surface area (Å²) >= 11 is 0. The molecule has 0 radical (unpaired) electrons. The normalized spacial score (nSPS) is 37.5. The molecule has 4 nitrogen and oxygen atoms in total. The molecule has 3 aliphatic rings. The number of benzene rings is 1. The smallest absolute Gasteiger partial charge is 0.191 e. The second-order valence-corrected chi connectivity index (χ2v) is 11.0. The second-order valence-electron chi connectivity index (χ2n) is 11.0. The molecule has 2 fully saturated rings. The van der Waals surface area contributed by atoms with Crippen molar-refractivity contribution < 1.29 is 14.3 Å². The number of aromatic nitrogens is 1. The van der Waals surface area contributed by atoms with Crippen molar-refractivity contribution in [1.29, 1.82) is 0 Å². The molecule has 0 amide bonds. The van der Waals surface area contributed by atoms with Gasteiger partial charge < -0.3 is 14.5 Å². The Morgan fingerprint density at radius 3 is 2.62 bits per heavy atom. The topological polar surface area (TPSA) is 51.3 Å². The summed E-state index contributed by atoms with van der Waals surface area (Å²) in [6.45, 7) is 10.7. The standard InChI is InChI=1S/C28H37NO3/c1-17(2)32-28(31-6)14-13-26(4)22(23(28)15-18(3)30)12-11-19-16-21-20-9-7-8-10-24(20)29-25(21)27(19,26)5/h7-10,15,17,19,22,29H,11-14,16H2,1-6H3/b23-15-/t19-,22?,26-,27+,28-/m0/s1. The highest BCUT2D eigenvalue weighted by Gasteiger charge is 2.65. The zero-order chi connectivity index (χ0) is 22.9. The van der Waals surface area contributed by atoms with Crippen LogP contribution in [0.5, 0.6) is 0 Å². The van der Waals surface area contributed by atoms with Gasteiger partial charge in [0.2, 0.25) is 0 Å². The molecule has 1 aromatic carbocycles. The minimum absolute atomic E-state index is 0.0195. The first-order valence-electron chi connectivity index (χ1n) is 12.2. The van der Waals surface area contributed by atoms with Crippen LogP contribution in [0.15, 0.2) is 35.9 Å². The summed E-state index contributed by atoms with van der Waals surface area (Å²) in [4.78, 5) is 16.3. The van der Waals surface area contributed by atoms with Crippen LogP contribution in [0.25, 0.3) is 10.9 Å². The molecule has 5 atom stereocenters.